The molecular formula is C19H26FN3O2. The number of fused-ring (bicyclic) bond motifs is 1. The van der Waals surface area contributed by atoms with Crippen molar-refractivity contribution in [3.8, 4) is 0 Å². The Hall–Kier alpha value is -2.11. The van der Waals surface area contributed by atoms with Gasteiger partial charge in [0.1, 0.15) is 5.82 Å². The van der Waals surface area contributed by atoms with Crippen LogP contribution in [0.4, 0.5) is 14.9 Å². The molecule has 0 spiro atoms. The Kier molecular flexibility index (Phi) is 5.89. The van der Waals surface area contributed by atoms with Crippen LogP contribution in [0.5, 0.6) is 0 Å². The molecule has 3 rings (SSSR count). The molecule has 2 N–H and O–H groups in total. The summed E-state index contributed by atoms with van der Waals surface area (Å²) >= 11 is 0. The molecule has 2 aliphatic rings. The summed E-state index contributed by atoms with van der Waals surface area (Å²) in [5.41, 5.74) is 0.182. The summed E-state index contributed by atoms with van der Waals surface area (Å²) in [6.07, 6.45) is 6.43. The van der Waals surface area contributed by atoms with Crippen molar-refractivity contribution >= 4 is 17.6 Å². The molecule has 1 saturated carbocycles. The van der Waals surface area contributed by atoms with Crippen molar-refractivity contribution in [1.29, 1.82) is 0 Å². The zero-order valence-corrected chi connectivity index (χ0v) is 14.5. The van der Waals surface area contributed by atoms with Gasteiger partial charge in [-0.05, 0) is 44.2 Å². The van der Waals surface area contributed by atoms with E-state index in [0.717, 1.165) is 44.9 Å². The van der Waals surface area contributed by atoms with E-state index in [-0.39, 0.29) is 29.6 Å². The molecule has 6 heteroatoms. The van der Waals surface area contributed by atoms with E-state index in [1.807, 2.05) is 0 Å². The van der Waals surface area contributed by atoms with Gasteiger partial charge in [-0.25, -0.2) is 9.18 Å². The summed E-state index contributed by atoms with van der Waals surface area (Å²) in [5, 5.41) is 5.70. The first-order valence-corrected chi connectivity index (χ1v) is 9.26. The Balaban J connectivity index is 1.80. The van der Waals surface area contributed by atoms with Crippen LogP contribution in [-0.2, 0) is 4.79 Å². The number of rotatable bonds is 1. The number of benzene rings is 1. The Morgan fingerprint density at radius 3 is 2.76 bits per heavy atom. The fraction of sp³-hybridized carbons (Fsp3) is 0.579. The summed E-state index contributed by atoms with van der Waals surface area (Å²) < 4.78 is 13.9. The topological polar surface area (TPSA) is 61.4 Å². The molecule has 1 aliphatic heterocycles. The number of carbonyl (C=O) groups is 2. The Labute approximate surface area is 148 Å². The highest BCUT2D eigenvalue weighted by atomic mass is 19.1. The van der Waals surface area contributed by atoms with Crippen LogP contribution in [0.25, 0.3) is 0 Å². The molecule has 5 nitrogen and oxygen atoms in total. The number of halogens is 1. The Bertz CT molecular complexity index is 622. The van der Waals surface area contributed by atoms with Crippen molar-refractivity contribution < 1.29 is 14.0 Å². The Morgan fingerprint density at radius 1 is 1.12 bits per heavy atom. The van der Waals surface area contributed by atoms with Gasteiger partial charge in [0.15, 0.2) is 0 Å². The molecule has 0 aromatic heterocycles. The number of nitrogens with zero attached hydrogens (tertiary/aromatic N) is 1. The van der Waals surface area contributed by atoms with Crippen LogP contribution in [0.2, 0.25) is 0 Å². The standard InChI is InChI=1S/C19H26FN3O2/c20-15-9-3-4-10-16(15)22-19(25)23-13-7-1-6-12-21-18(24)14-8-2-5-11-17(14)23/h3-4,9-10,14,17H,1-2,5-8,11-13H2,(H,21,24)(H,22,25)/t14-,17+/m1/s1. The van der Waals surface area contributed by atoms with Gasteiger partial charge in [-0.3, -0.25) is 4.79 Å². The second kappa shape index (κ2) is 8.32. The van der Waals surface area contributed by atoms with Crippen LogP contribution < -0.4 is 10.6 Å². The average molecular weight is 347 g/mol. The van der Waals surface area contributed by atoms with Crippen LogP contribution in [0, 0.1) is 11.7 Å². The molecule has 25 heavy (non-hydrogen) atoms. The number of para-hydroxylation sites is 1. The van der Waals surface area contributed by atoms with Gasteiger partial charge in [0.05, 0.1) is 11.6 Å². The summed E-state index contributed by atoms with van der Waals surface area (Å²) in [6.45, 7) is 1.32. The normalized spacial score (nSPS) is 24.8. The molecule has 1 aromatic rings. The summed E-state index contributed by atoms with van der Waals surface area (Å²) in [7, 11) is 0. The van der Waals surface area contributed by atoms with Crippen LogP contribution >= 0.6 is 0 Å². The summed E-state index contributed by atoms with van der Waals surface area (Å²) in [6, 6.07) is 5.75. The quantitative estimate of drug-likeness (QED) is 0.816. The third-order valence-corrected chi connectivity index (χ3v) is 5.22. The van der Waals surface area contributed by atoms with Gasteiger partial charge in [0.2, 0.25) is 5.91 Å². The molecule has 1 aliphatic carbocycles. The minimum Gasteiger partial charge on any atom is -0.356 e. The van der Waals surface area contributed by atoms with Gasteiger partial charge in [-0.1, -0.05) is 25.0 Å². The van der Waals surface area contributed by atoms with Crippen molar-refractivity contribution in [2.75, 3.05) is 18.4 Å². The second-order valence-electron chi connectivity index (χ2n) is 6.91. The number of urea groups is 1. The molecule has 1 aromatic carbocycles. The number of anilines is 1. The first kappa shape index (κ1) is 17.7. The maximum Gasteiger partial charge on any atom is 0.322 e. The van der Waals surface area contributed by atoms with E-state index in [1.54, 1.807) is 23.1 Å². The van der Waals surface area contributed by atoms with Gasteiger partial charge < -0.3 is 15.5 Å². The van der Waals surface area contributed by atoms with Crippen molar-refractivity contribution in [3.05, 3.63) is 30.1 Å². The van der Waals surface area contributed by atoms with Crippen LogP contribution in [0.15, 0.2) is 24.3 Å². The predicted molar refractivity (Wildman–Crippen MR) is 94.7 cm³/mol. The summed E-state index contributed by atoms with van der Waals surface area (Å²) in [4.78, 5) is 27.1. The molecule has 0 radical (unpaired) electrons. The lowest BCUT2D eigenvalue weighted by Gasteiger charge is -2.40. The minimum absolute atomic E-state index is 0.0512. The molecule has 0 unspecified atom stereocenters. The highest BCUT2D eigenvalue weighted by Gasteiger charge is 2.37. The number of carbonyl (C=O) groups excluding carboxylic acids is 2. The van der Waals surface area contributed by atoms with Crippen LogP contribution in [0.3, 0.4) is 0 Å². The second-order valence-corrected chi connectivity index (χ2v) is 6.91. The van der Waals surface area contributed by atoms with E-state index in [2.05, 4.69) is 10.6 Å². The highest BCUT2D eigenvalue weighted by molar-refractivity contribution is 5.90. The first-order chi connectivity index (χ1) is 12.2. The van der Waals surface area contributed by atoms with Crippen molar-refractivity contribution in [3.63, 3.8) is 0 Å². The van der Waals surface area contributed by atoms with Gasteiger partial charge >= 0.3 is 6.03 Å². The first-order valence-electron chi connectivity index (χ1n) is 9.26. The van der Waals surface area contributed by atoms with Gasteiger partial charge in [-0.2, -0.15) is 0 Å². The highest BCUT2D eigenvalue weighted by Crippen LogP contribution is 2.30. The molecule has 3 amide bonds. The number of hydrogen-bond acceptors (Lipinski definition) is 2. The predicted octanol–water partition coefficient (Wildman–Crippen LogP) is 3.52. The molecular weight excluding hydrogens is 321 g/mol. The lowest BCUT2D eigenvalue weighted by molar-refractivity contribution is -0.128. The molecule has 136 valence electrons. The van der Waals surface area contributed by atoms with E-state index in [9.17, 15) is 14.0 Å². The van der Waals surface area contributed by atoms with E-state index in [1.165, 1.54) is 6.07 Å². The zero-order valence-electron chi connectivity index (χ0n) is 14.5. The van der Waals surface area contributed by atoms with Gasteiger partial charge in [0, 0.05) is 19.1 Å². The maximum absolute atomic E-state index is 13.9. The monoisotopic (exact) mass is 347 g/mol. The van der Waals surface area contributed by atoms with E-state index < -0.39 is 5.82 Å². The lowest BCUT2D eigenvalue weighted by atomic mass is 9.82. The number of amides is 3. The molecule has 2 atom stereocenters. The largest absolute Gasteiger partial charge is 0.356 e. The minimum atomic E-state index is -0.449. The fourth-order valence-electron chi connectivity index (χ4n) is 3.88. The molecule has 2 fully saturated rings. The van der Waals surface area contributed by atoms with Crippen LogP contribution in [-0.4, -0.2) is 36.0 Å². The smallest absolute Gasteiger partial charge is 0.322 e. The molecule has 1 saturated heterocycles. The van der Waals surface area contributed by atoms with E-state index in [0.29, 0.717) is 13.1 Å². The lowest BCUT2D eigenvalue weighted by Crippen LogP contribution is -2.52. The third-order valence-electron chi connectivity index (χ3n) is 5.22. The SMILES string of the molecule is O=C1NCCCCCN(C(=O)Nc2ccccc2F)[C@H]2CCCC[C@@H]12. The van der Waals surface area contributed by atoms with E-state index >= 15 is 0 Å². The summed E-state index contributed by atoms with van der Waals surface area (Å²) in [5.74, 6) is -0.566. The van der Waals surface area contributed by atoms with E-state index in [4.69, 9.17) is 0 Å². The van der Waals surface area contributed by atoms with Gasteiger partial charge in [0.25, 0.3) is 0 Å². The zero-order chi connectivity index (χ0) is 17.6. The number of hydrogen-bond donors (Lipinski definition) is 2. The van der Waals surface area contributed by atoms with Crippen LogP contribution in [0.1, 0.15) is 44.9 Å². The van der Waals surface area contributed by atoms with Crippen molar-refractivity contribution in [2.24, 2.45) is 5.92 Å². The third kappa shape index (κ3) is 4.30. The average Bonchev–Trinajstić information content (AvgIpc) is 2.63. The molecule has 0 bridgehead atoms. The van der Waals surface area contributed by atoms with Crippen molar-refractivity contribution in [1.82, 2.24) is 10.2 Å². The molecule has 1 heterocycles. The maximum atomic E-state index is 13.9. The Morgan fingerprint density at radius 2 is 1.92 bits per heavy atom. The number of nitrogens with one attached hydrogen (secondary N) is 2. The van der Waals surface area contributed by atoms with Gasteiger partial charge in [-0.15, -0.1) is 0 Å². The fourth-order valence-corrected chi connectivity index (χ4v) is 3.88. The van der Waals surface area contributed by atoms with Crippen molar-refractivity contribution in [2.45, 2.75) is 51.0 Å².